The predicted octanol–water partition coefficient (Wildman–Crippen LogP) is 3.79. The van der Waals surface area contributed by atoms with Gasteiger partial charge in [0.25, 0.3) is 0 Å². The van der Waals surface area contributed by atoms with Crippen LogP contribution in [0.4, 0.5) is 0 Å². The van der Waals surface area contributed by atoms with E-state index in [0.717, 1.165) is 0 Å². The smallest absolute Gasteiger partial charge is 0.00244 e. The third-order valence-corrected chi connectivity index (χ3v) is 1.21. The zero-order valence-electron chi connectivity index (χ0n) is 10.3. The normalized spacial score (nSPS) is 8.00. The quantitative estimate of drug-likeness (QED) is 0.628. The number of rotatable bonds is 4. The number of nitrogens with zero attached hydrogens (tertiary/aromatic N) is 1. The summed E-state index contributed by atoms with van der Waals surface area (Å²) in [6.45, 7) is 14.9. The Morgan fingerprint density at radius 1 is 0.750 bits per heavy atom. The predicted molar refractivity (Wildman–Crippen MR) is 60.8 cm³/mol. The summed E-state index contributed by atoms with van der Waals surface area (Å²) in [4.78, 5) is 2.36. The summed E-state index contributed by atoms with van der Waals surface area (Å²) in [5.41, 5.74) is 0. The van der Waals surface area contributed by atoms with Crippen molar-refractivity contribution in [2.24, 2.45) is 0 Å². The zero-order chi connectivity index (χ0) is 10.4. The molecular weight excluding hydrogens is 146 g/mol. The topological polar surface area (TPSA) is 3.24 Å². The molecule has 0 aliphatic rings. The van der Waals surface area contributed by atoms with Crippen molar-refractivity contribution in [3.8, 4) is 0 Å². The van der Waals surface area contributed by atoms with Gasteiger partial charge in [0.2, 0.25) is 0 Å². The van der Waals surface area contributed by atoms with Crippen molar-refractivity contribution in [2.75, 3.05) is 20.1 Å². The first-order valence-electron chi connectivity index (χ1n) is 5.49. The molecule has 0 saturated carbocycles. The molecule has 78 valence electrons. The first kappa shape index (κ1) is 17.9. The van der Waals surface area contributed by atoms with Crippen molar-refractivity contribution in [3.05, 3.63) is 0 Å². The van der Waals surface area contributed by atoms with Crippen molar-refractivity contribution >= 4 is 0 Å². The molecule has 0 rings (SSSR count). The van der Waals surface area contributed by atoms with E-state index in [0.29, 0.717) is 0 Å². The van der Waals surface area contributed by atoms with E-state index < -0.39 is 0 Å². The fourth-order valence-electron chi connectivity index (χ4n) is 0.875. The highest BCUT2D eigenvalue weighted by atomic mass is 15.1. The summed E-state index contributed by atoms with van der Waals surface area (Å²) >= 11 is 0. The molecule has 0 N–H and O–H groups in total. The van der Waals surface area contributed by atoms with Gasteiger partial charge in [-0.1, -0.05) is 41.5 Å². The second kappa shape index (κ2) is 22.4. The lowest BCUT2D eigenvalue weighted by Gasteiger charge is -2.12. The monoisotopic (exact) mass is 175 g/mol. The third kappa shape index (κ3) is 22.5. The van der Waals surface area contributed by atoms with Gasteiger partial charge >= 0.3 is 0 Å². The fraction of sp³-hybridized carbons (Fsp3) is 1.00. The average molecular weight is 175 g/mol. The zero-order valence-corrected chi connectivity index (χ0v) is 10.3. The summed E-state index contributed by atoms with van der Waals surface area (Å²) in [6.07, 6.45) is 2.55. The van der Waals surface area contributed by atoms with Crippen LogP contribution in [-0.2, 0) is 0 Å². The summed E-state index contributed by atoms with van der Waals surface area (Å²) in [6, 6.07) is 0. The molecule has 0 heterocycles. The summed E-state index contributed by atoms with van der Waals surface area (Å²) < 4.78 is 0. The van der Waals surface area contributed by atoms with Crippen LogP contribution in [-0.4, -0.2) is 25.0 Å². The minimum Gasteiger partial charge on any atom is -0.306 e. The lowest BCUT2D eigenvalue weighted by Crippen LogP contribution is -2.19. The van der Waals surface area contributed by atoms with Gasteiger partial charge in [-0.05, 0) is 33.0 Å². The highest BCUT2D eigenvalue weighted by molar-refractivity contribution is 4.45. The molecule has 0 aromatic heterocycles. The van der Waals surface area contributed by atoms with Gasteiger partial charge < -0.3 is 4.90 Å². The molecule has 0 bridgehead atoms. The van der Waals surface area contributed by atoms with Gasteiger partial charge in [0.15, 0.2) is 0 Å². The Kier molecular flexibility index (Phi) is 33.5. The molecule has 0 aromatic carbocycles. The van der Waals surface area contributed by atoms with Crippen LogP contribution in [0.2, 0.25) is 0 Å². The standard InChI is InChI=1S/C7H17N.2C2H6/c1-4-6-8(3)7-5-2;2*1-2/h4-7H2,1-3H3;2*1-2H3. The minimum atomic E-state index is 1.24. The Hall–Kier alpha value is -0.0400. The molecule has 0 aliphatic heterocycles. The molecular formula is C11H29N. The van der Waals surface area contributed by atoms with Crippen LogP contribution in [0, 0.1) is 0 Å². The van der Waals surface area contributed by atoms with Gasteiger partial charge in [-0.15, -0.1) is 0 Å². The Balaban J connectivity index is -0.000000175. The molecule has 0 amide bonds. The van der Waals surface area contributed by atoms with Crippen LogP contribution in [0.25, 0.3) is 0 Å². The van der Waals surface area contributed by atoms with E-state index >= 15 is 0 Å². The van der Waals surface area contributed by atoms with Crippen LogP contribution in [0.1, 0.15) is 54.4 Å². The Morgan fingerprint density at radius 2 is 1.00 bits per heavy atom. The second-order valence-corrected chi connectivity index (χ2v) is 2.30. The highest BCUT2D eigenvalue weighted by Crippen LogP contribution is 1.86. The molecule has 0 unspecified atom stereocenters. The maximum atomic E-state index is 2.36. The van der Waals surface area contributed by atoms with E-state index in [-0.39, 0.29) is 0 Å². The average Bonchev–Trinajstić information content (AvgIpc) is 2.12. The highest BCUT2D eigenvalue weighted by Gasteiger charge is 1.90. The maximum absolute atomic E-state index is 2.36. The molecule has 0 saturated heterocycles. The lowest BCUT2D eigenvalue weighted by atomic mass is 10.4. The van der Waals surface area contributed by atoms with Gasteiger partial charge in [0.1, 0.15) is 0 Å². The molecule has 1 heteroatoms. The van der Waals surface area contributed by atoms with E-state index in [9.17, 15) is 0 Å². The summed E-state index contributed by atoms with van der Waals surface area (Å²) in [5.74, 6) is 0. The van der Waals surface area contributed by atoms with E-state index in [1.807, 2.05) is 27.7 Å². The molecule has 1 nitrogen and oxygen atoms in total. The number of hydrogen-bond acceptors (Lipinski definition) is 1. The third-order valence-electron chi connectivity index (χ3n) is 1.21. The van der Waals surface area contributed by atoms with Crippen molar-refractivity contribution in [1.82, 2.24) is 4.90 Å². The van der Waals surface area contributed by atoms with Crippen molar-refractivity contribution in [1.29, 1.82) is 0 Å². The van der Waals surface area contributed by atoms with Gasteiger partial charge in [-0.2, -0.15) is 0 Å². The van der Waals surface area contributed by atoms with Gasteiger partial charge in [0.05, 0.1) is 0 Å². The molecule has 0 fully saturated rings. The largest absolute Gasteiger partial charge is 0.306 e. The minimum absolute atomic E-state index is 1.24. The fourth-order valence-corrected chi connectivity index (χ4v) is 0.875. The molecule has 0 spiro atoms. The van der Waals surface area contributed by atoms with Gasteiger partial charge in [0, 0.05) is 0 Å². The maximum Gasteiger partial charge on any atom is -0.00244 e. The van der Waals surface area contributed by atoms with Crippen LogP contribution in [0.5, 0.6) is 0 Å². The first-order valence-corrected chi connectivity index (χ1v) is 5.49. The van der Waals surface area contributed by atoms with Crippen molar-refractivity contribution < 1.29 is 0 Å². The Bertz CT molecular complexity index is 38.3. The van der Waals surface area contributed by atoms with E-state index in [1.54, 1.807) is 0 Å². The van der Waals surface area contributed by atoms with Crippen molar-refractivity contribution in [3.63, 3.8) is 0 Å². The van der Waals surface area contributed by atoms with Crippen LogP contribution >= 0.6 is 0 Å². The number of hydrogen-bond donors (Lipinski definition) is 0. The Labute approximate surface area is 80.2 Å². The second-order valence-electron chi connectivity index (χ2n) is 2.30. The van der Waals surface area contributed by atoms with Crippen LogP contribution in [0.15, 0.2) is 0 Å². The molecule has 0 radical (unpaired) electrons. The molecule has 0 atom stereocenters. The lowest BCUT2D eigenvalue weighted by molar-refractivity contribution is 0.335. The molecule has 0 aromatic rings. The summed E-state index contributed by atoms with van der Waals surface area (Å²) in [5, 5.41) is 0. The van der Waals surface area contributed by atoms with Crippen LogP contribution < -0.4 is 0 Å². The summed E-state index contributed by atoms with van der Waals surface area (Å²) in [7, 11) is 2.17. The van der Waals surface area contributed by atoms with Crippen molar-refractivity contribution in [2.45, 2.75) is 54.4 Å². The van der Waals surface area contributed by atoms with E-state index in [4.69, 9.17) is 0 Å². The SMILES string of the molecule is CC.CC.CCCN(C)CCC. The van der Waals surface area contributed by atoms with Gasteiger partial charge in [-0.3, -0.25) is 0 Å². The van der Waals surface area contributed by atoms with Crippen LogP contribution in [0.3, 0.4) is 0 Å². The first-order chi connectivity index (χ1) is 5.81. The van der Waals surface area contributed by atoms with Gasteiger partial charge in [-0.25, -0.2) is 0 Å². The Morgan fingerprint density at radius 3 is 1.17 bits per heavy atom. The molecule has 12 heavy (non-hydrogen) atoms. The van der Waals surface area contributed by atoms with E-state index in [1.165, 1.54) is 25.9 Å². The molecule has 0 aliphatic carbocycles. The van der Waals surface area contributed by atoms with E-state index in [2.05, 4.69) is 25.8 Å².